The second-order valence-corrected chi connectivity index (χ2v) is 6.86. The first-order valence-corrected chi connectivity index (χ1v) is 8.94. The van der Waals surface area contributed by atoms with Crippen molar-refractivity contribution in [3.8, 4) is 5.75 Å². The Balaban J connectivity index is 1.73. The van der Waals surface area contributed by atoms with Crippen molar-refractivity contribution in [3.63, 3.8) is 0 Å². The summed E-state index contributed by atoms with van der Waals surface area (Å²) < 4.78 is 5.11. The molecule has 0 bridgehead atoms. The van der Waals surface area contributed by atoms with Crippen molar-refractivity contribution >= 4 is 29.3 Å². The van der Waals surface area contributed by atoms with Gasteiger partial charge in [-0.05, 0) is 43.7 Å². The maximum absolute atomic E-state index is 12.9. The molecule has 0 aromatic heterocycles. The molecular formula is C21H21N3O5. The van der Waals surface area contributed by atoms with Gasteiger partial charge in [0.05, 0.1) is 7.11 Å². The van der Waals surface area contributed by atoms with E-state index in [0.717, 1.165) is 4.90 Å². The molecule has 1 atom stereocenters. The fourth-order valence-electron chi connectivity index (χ4n) is 3.12. The van der Waals surface area contributed by atoms with Gasteiger partial charge in [-0.25, -0.2) is 4.79 Å². The molecule has 150 valence electrons. The molecule has 4 amide bonds. The van der Waals surface area contributed by atoms with E-state index < -0.39 is 29.9 Å². The predicted molar refractivity (Wildman–Crippen MR) is 106 cm³/mol. The molecule has 8 nitrogen and oxygen atoms in total. The number of nitrogens with zero attached hydrogens (tertiary/aromatic N) is 1. The minimum atomic E-state index is -1.28. The number of hydrogen-bond acceptors (Lipinski definition) is 5. The summed E-state index contributed by atoms with van der Waals surface area (Å²) in [5.74, 6) is -0.586. The summed E-state index contributed by atoms with van der Waals surface area (Å²) in [5, 5.41) is 5.25. The first-order chi connectivity index (χ1) is 13.7. The number of nitrogens with one attached hydrogen (secondary N) is 2. The van der Waals surface area contributed by atoms with E-state index in [9.17, 15) is 19.2 Å². The molecule has 2 aromatic rings. The number of amides is 4. The Morgan fingerprint density at radius 2 is 1.83 bits per heavy atom. The largest absolute Gasteiger partial charge is 0.497 e. The SMILES string of the molecule is COc1ccc([C@@]2(C)NC(=O)N(CC(=O)Nc3cccc(C(C)=O)c3)C2=O)cc1. The summed E-state index contributed by atoms with van der Waals surface area (Å²) in [4.78, 5) is 50.0. The summed E-state index contributed by atoms with van der Waals surface area (Å²) in [5.41, 5.74) is 0.157. The number of ketones is 1. The fourth-order valence-corrected chi connectivity index (χ4v) is 3.12. The van der Waals surface area contributed by atoms with E-state index in [4.69, 9.17) is 4.74 Å². The van der Waals surface area contributed by atoms with Gasteiger partial charge in [0, 0.05) is 11.3 Å². The van der Waals surface area contributed by atoms with E-state index >= 15 is 0 Å². The topological polar surface area (TPSA) is 105 Å². The lowest BCUT2D eigenvalue weighted by Gasteiger charge is -2.22. The smallest absolute Gasteiger partial charge is 0.325 e. The van der Waals surface area contributed by atoms with Gasteiger partial charge >= 0.3 is 6.03 Å². The number of urea groups is 1. The van der Waals surface area contributed by atoms with Crippen LogP contribution in [0, 0.1) is 0 Å². The number of carbonyl (C=O) groups excluding carboxylic acids is 4. The van der Waals surface area contributed by atoms with Gasteiger partial charge in [-0.2, -0.15) is 0 Å². The highest BCUT2D eigenvalue weighted by Crippen LogP contribution is 2.30. The van der Waals surface area contributed by atoms with E-state index in [2.05, 4.69) is 10.6 Å². The van der Waals surface area contributed by atoms with Gasteiger partial charge in [0.2, 0.25) is 5.91 Å². The maximum Gasteiger partial charge on any atom is 0.325 e. The highest BCUT2D eigenvalue weighted by atomic mass is 16.5. The highest BCUT2D eigenvalue weighted by Gasteiger charge is 2.49. The van der Waals surface area contributed by atoms with Crippen molar-refractivity contribution < 1.29 is 23.9 Å². The Morgan fingerprint density at radius 1 is 1.14 bits per heavy atom. The zero-order chi connectivity index (χ0) is 21.2. The zero-order valence-corrected chi connectivity index (χ0v) is 16.3. The molecule has 1 fully saturated rings. The molecule has 1 aliphatic rings. The molecule has 1 heterocycles. The number of ether oxygens (including phenoxy) is 1. The van der Waals surface area contributed by atoms with Crippen molar-refractivity contribution in [2.24, 2.45) is 0 Å². The van der Waals surface area contributed by atoms with E-state index in [1.807, 2.05) is 0 Å². The molecule has 0 spiro atoms. The zero-order valence-electron chi connectivity index (χ0n) is 16.3. The first-order valence-electron chi connectivity index (χ1n) is 8.94. The second kappa shape index (κ2) is 7.75. The van der Waals surface area contributed by atoms with E-state index in [1.165, 1.54) is 20.1 Å². The van der Waals surface area contributed by atoms with E-state index in [-0.39, 0.29) is 5.78 Å². The van der Waals surface area contributed by atoms with Crippen LogP contribution in [0.15, 0.2) is 48.5 Å². The third kappa shape index (κ3) is 3.96. The van der Waals surface area contributed by atoms with E-state index in [1.54, 1.807) is 49.4 Å². The molecule has 3 rings (SSSR count). The molecule has 0 aliphatic carbocycles. The van der Waals surface area contributed by atoms with Crippen LogP contribution in [0.2, 0.25) is 0 Å². The average molecular weight is 395 g/mol. The average Bonchev–Trinajstić information content (AvgIpc) is 2.92. The summed E-state index contributed by atoms with van der Waals surface area (Å²) in [6, 6.07) is 12.5. The van der Waals surface area contributed by atoms with Crippen molar-refractivity contribution in [1.82, 2.24) is 10.2 Å². The number of rotatable bonds is 6. The maximum atomic E-state index is 12.9. The van der Waals surface area contributed by atoms with Crippen LogP contribution in [0.25, 0.3) is 0 Å². The van der Waals surface area contributed by atoms with Crippen LogP contribution in [-0.4, -0.2) is 42.2 Å². The number of anilines is 1. The van der Waals surface area contributed by atoms with Crippen LogP contribution in [0.1, 0.15) is 29.8 Å². The van der Waals surface area contributed by atoms with Gasteiger partial charge < -0.3 is 15.4 Å². The van der Waals surface area contributed by atoms with Crippen molar-refractivity contribution in [3.05, 3.63) is 59.7 Å². The number of benzene rings is 2. The molecule has 1 saturated heterocycles. The number of Topliss-reactive ketones (excluding diaryl/α,β-unsaturated/α-hetero) is 1. The van der Waals surface area contributed by atoms with Gasteiger partial charge in [-0.1, -0.05) is 24.3 Å². The van der Waals surface area contributed by atoms with Crippen LogP contribution in [-0.2, 0) is 15.1 Å². The molecule has 8 heteroatoms. The standard InChI is InChI=1S/C21H21N3O5/c1-13(25)14-5-4-6-16(11-14)22-18(26)12-24-19(27)21(2,23-20(24)28)15-7-9-17(29-3)10-8-15/h4-11H,12H2,1-3H3,(H,22,26)(H,23,28)/t21-/m1/s1. The summed E-state index contributed by atoms with van der Waals surface area (Å²) in [7, 11) is 1.53. The Kier molecular flexibility index (Phi) is 5.36. The van der Waals surface area contributed by atoms with Gasteiger partial charge in [0.25, 0.3) is 5.91 Å². The van der Waals surface area contributed by atoms with Crippen LogP contribution in [0.5, 0.6) is 5.75 Å². The van der Waals surface area contributed by atoms with Crippen LogP contribution < -0.4 is 15.4 Å². The van der Waals surface area contributed by atoms with Crippen LogP contribution >= 0.6 is 0 Å². The second-order valence-electron chi connectivity index (χ2n) is 6.86. The Bertz CT molecular complexity index is 986. The van der Waals surface area contributed by atoms with Crippen molar-refractivity contribution in [1.29, 1.82) is 0 Å². The lowest BCUT2D eigenvalue weighted by atomic mass is 9.92. The van der Waals surface area contributed by atoms with Gasteiger partial charge in [-0.15, -0.1) is 0 Å². The lowest BCUT2D eigenvalue weighted by molar-refractivity contribution is -0.133. The third-order valence-electron chi connectivity index (χ3n) is 4.80. The minimum Gasteiger partial charge on any atom is -0.497 e. The Hall–Kier alpha value is -3.68. The molecule has 0 saturated carbocycles. The number of imide groups is 1. The molecule has 0 radical (unpaired) electrons. The monoisotopic (exact) mass is 395 g/mol. The minimum absolute atomic E-state index is 0.134. The summed E-state index contributed by atoms with van der Waals surface area (Å²) in [6.45, 7) is 2.57. The Labute approximate surface area is 167 Å². The highest BCUT2D eigenvalue weighted by molar-refractivity contribution is 6.10. The van der Waals surface area contributed by atoms with Crippen molar-refractivity contribution in [2.45, 2.75) is 19.4 Å². The van der Waals surface area contributed by atoms with E-state index in [0.29, 0.717) is 22.6 Å². The normalized spacial score (nSPS) is 18.4. The fraction of sp³-hybridized carbons (Fsp3) is 0.238. The molecule has 29 heavy (non-hydrogen) atoms. The molecule has 2 N–H and O–H groups in total. The number of carbonyl (C=O) groups is 4. The molecule has 2 aromatic carbocycles. The first kappa shape index (κ1) is 20.1. The van der Waals surface area contributed by atoms with Gasteiger partial charge in [0.15, 0.2) is 5.78 Å². The molecule has 1 aliphatic heterocycles. The van der Waals surface area contributed by atoms with Gasteiger partial charge in [-0.3, -0.25) is 19.3 Å². The number of hydrogen-bond donors (Lipinski definition) is 2. The summed E-state index contributed by atoms with van der Waals surface area (Å²) >= 11 is 0. The van der Waals surface area contributed by atoms with Crippen molar-refractivity contribution in [2.75, 3.05) is 19.0 Å². The lowest BCUT2D eigenvalue weighted by Crippen LogP contribution is -2.42. The predicted octanol–water partition coefficient (Wildman–Crippen LogP) is 2.30. The molecular weight excluding hydrogens is 374 g/mol. The summed E-state index contributed by atoms with van der Waals surface area (Å²) in [6.07, 6.45) is 0. The van der Waals surface area contributed by atoms with Crippen LogP contribution in [0.3, 0.4) is 0 Å². The number of methoxy groups -OCH3 is 1. The third-order valence-corrected chi connectivity index (χ3v) is 4.80. The van der Waals surface area contributed by atoms with Gasteiger partial charge in [0.1, 0.15) is 17.8 Å². The Morgan fingerprint density at radius 3 is 2.45 bits per heavy atom. The quantitative estimate of drug-likeness (QED) is 0.577. The molecule has 0 unspecified atom stereocenters. The van der Waals surface area contributed by atoms with Crippen LogP contribution in [0.4, 0.5) is 10.5 Å².